The van der Waals surface area contributed by atoms with E-state index in [2.05, 4.69) is 10.3 Å². The summed E-state index contributed by atoms with van der Waals surface area (Å²) in [5.41, 5.74) is 2.76. The first kappa shape index (κ1) is 14.1. The van der Waals surface area contributed by atoms with Crippen molar-refractivity contribution in [2.75, 3.05) is 21.3 Å². The number of phenolic OH excluding ortho intramolecular Hbond substituents is 1. The van der Waals surface area contributed by atoms with Crippen molar-refractivity contribution in [2.24, 2.45) is 0 Å². The lowest BCUT2D eigenvalue weighted by Crippen LogP contribution is -2.05. The van der Waals surface area contributed by atoms with Crippen molar-refractivity contribution in [3.8, 4) is 28.5 Å². The molecule has 0 unspecified atom stereocenters. The van der Waals surface area contributed by atoms with Gasteiger partial charge in [-0.15, -0.1) is 0 Å². The van der Waals surface area contributed by atoms with E-state index in [1.54, 1.807) is 18.3 Å². The molecule has 0 aliphatic carbocycles. The normalized spacial score (nSPS) is 10.3. The topological polar surface area (TPSA) is 63.6 Å². The largest absolute Gasteiger partial charge is 0.502 e. The fourth-order valence-electron chi connectivity index (χ4n) is 1.99. The first-order chi connectivity index (χ1) is 9.69. The number of aromatic hydroxyl groups is 1. The molecular formula is C15H18N2O3. The van der Waals surface area contributed by atoms with Crippen LogP contribution >= 0.6 is 0 Å². The lowest BCUT2D eigenvalue weighted by Gasteiger charge is -2.11. The number of nitrogens with one attached hydrogen (secondary N) is 1. The number of rotatable bonds is 5. The lowest BCUT2D eigenvalue weighted by atomic mass is 10.1. The number of hydrogen-bond donors (Lipinski definition) is 2. The number of ether oxygens (including phenoxy) is 2. The Morgan fingerprint density at radius 3 is 2.35 bits per heavy atom. The smallest absolute Gasteiger partial charge is 0.200 e. The summed E-state index contributed by atoms with van der Waals surface area (Å²) in [6, 6.07) is 7.42. The quantitative estimate of drug-likeness (QED) is 0.875. The second kappa shape index (κ2) is 6.25. The van der Waals surface area contributed by atoms with Crippen LogP contribution in [-0.2, 0) is 6.54 Å². The Morgan fingerprint density at radius 2 is 1.80 bits per heavy atom. The highest BCUT2D eigenvalue weighted by Crippen LogP contribution is 2.39. The molecule has 5 heteroatoms. The van der Waals surface area contributed by atoms with Crippen molar-refractivity contribution < 1.29 is 14.6 Å². The molecule has 2 aromatic rings. The highest BCUT2D eigenvalue weighted by molar-refractivity contribution is 5.68. The zero-order chi connectivity index (χ0) is 14.5. The molecule has 2 rings (SSSR count). The van der Waals surface area contributed by atoms with Crippen LogP contribution in [0.5, 0.6) is 17.2 Å². The Labute approximate surface area is 118 Å². The molecule has 20 heavy (non-hydrogen) atoms. The van der Waals surface area contributed by atoms with Crippen LogP contribution in [0.4, 0.5) is 0 Å². The molecule has 0 fully saturated rings. The summed E-state index contributed by atoms with van der Waals surface area (Å²) in [4.78, 5) is 4.35. The fraction of sp³-hybridized carbons (Fsp3) is 0.267. The Morgan fingerprint density at radius 1 is 1.15 bits per heavy atom. The summed E-state index contributed by atoms with van der Waals surface area (Å²) in [5.74, 6) is 0.713. The minimum absolute atomic E-state index is 0.00914. The molecule has 106 valence electrons. The van der Waals surface area contributed by atoms with E-state index in [0.717, 1.165) is 23.4 Å². The van der Waals surface area contributed by atoms with E-state index in [-0.39, 0.29) is 5.75 Å². The summed E-state index contributed by atoms with van der Waals surface area (Å²) >= 11 is 0. The molecule has 0 bridgehead atoms. The predicted octanol–water partition coefficient (Wildman–Crippen LogP) is 2.19. The zero-order valence-corrected chi connectivity index (χ0v) is 11.8. The van der Waals surface area contributed by atoms with Crippen molar-refractivity contribution in [1.29, 1.82) is 0 Å². The van der Waals surface area contributed by atoms with Gasteiger partial charge in [0, 0.05) is 18.3 Å². The maximum Gasteiger partial charge on any atom is 0.200 e. The summed E-state index contributed by atoms with van der Waals surface area (Å²) in [6.07, 6.45) is 1.76. The number of benzene rings is 1. The number of methoxy groups -OCH3 is 2. The van der Waals surface area contributed by atoms with E-state index in [1.807, 2.05) is 19.2 Å². The lowest BCUT2D eigenvalue weighted by molar-refractivity contribution is 0.340. The van der Waals surface area contributed by atoms with Gasteiger partial charge in [-0.2, -0.15) is 0 Å². The number of pyridine rings is 1. The molecule has 1 heterocycles. The maximum absolute atomic E-state index is 9.92. The third kappa shape index (κ3) is 2.83. The molecule has 2 N–H and O–H groups in total. The average Bonchev–Trinajstić information content (AvgIpc) is 2.48. The molecule has 1 aromatic heterocycles. The van der Waals surface area contributed by atoms with Gasteiger partial charge in [0.15, 0.2) is 11.5 Å². The van der Waals surface area contributed by atoms with Gasteiger partial charge in [0.2, 0.25) is 5.75 Å². The molecule has 0 saturated carbocycles. The fourth-order valence-corrected chi connectivity index (χ4v) is 1.99. The van der Waals surface area contributed by atoms with E-state index in [9.17, 15) is 5.11 Å². The van der Waals surface area contributed by atoms with Gasteiger partial charge in [0.05, 0.1) is 19.9 Å². The molecule has 0 aliphatic heterocycles. The molecule has 0 spiro atoms. The number of phenols is 1. The minimum atomic E-state index is -0.00914. The summed E-state index contributed by atoms with van der Waals surface area (Å²) in [6.45, 7) is 0.766. The van der Waals surface area contributed by atoms with Crippen molar-refractivity contribution in [3.05, 3.63) is 36.0 Å². The van der Waals surface area contributed by atoms with E-state index in [1.165, 1.54) is 14.2 Å². The van der Waals surface area contributed by atoms with Crippen LogP contribution in [-0.4, -0.2) is 31.4 Å². The third-order valence-corrected chi connectivity index (χ3v) is 2.98. The Kier molecular flexibility index (Phi) is 4.42. The molecule has 0 radical (unpaired) electrons. The van der Waals surface area contributed by atoms with Crippen LogP contribution in [0.2, 0.25) is 0 Å². The highest BCUT2D eigenvalue weighted by atomic mass is 16.5. The van der Waals surface area contributed by atoms with E-state index < -0.39 is 0 Å². The standard InChI is InChI=1S/C15H18N2O3/c1-16-9-10-4-5-17-12(6-10)11-7-13(19-2)15(18)14(8-11)20-3/h4-8,16,18H,9H2,1-3H3. The van der Waals surface area contributed by atoms with E-state index in [0.29, 0.717) is 11.5 Å². The van der Waals surface area contributed by atoms with Gasteiger partial charge in [-0.1, -0.05) is 0 Å². The van der Waals surface area contributed by atoms with Gasteiger partial charge in [-0.3, -0.25) is 4.98 Å². The van der Waals surface area contributed by atoms with Gasteiger partial charge >= 0.3 is 0 Å². The van der Waals surface area contributed by atoms with Gasteiger partial charge in [-0.25, -0.2) is 0 Å². The number of nitrogens with zero attached hydrogens (tertiary/aromatic N) is 1. The number of aromatic nitrogens is 1. The first-order valence-electron chi connectivity index (χ1n) is 6.24. The molecule has 5 nitrogen and oxygen atoms in total. The first-order valence-corrected chi connectivity index (χ1v) is 6.24. The van der Waals surface area contributed by atoms with Crippen LogP contribution in [0.25, 0.3) is 11.3 Å². The van der Waals surface area contributed by atoms with E-state index >= 15 is 0 Å². The SMILES string of the molecule is CNCc1ccnc(-c2cc(OC)c(O)c(OC)c2)c1. The summed E-state index contributed by atoms with van der Waals surface area (Å²) < 4.78 is 10.3. The van der Waals surface area contributed by atoms with Gasteiger partial charge in [-0.05, 0) is 36.9 Å². The van der Waals surface area contributed by atoms with Crippen molar-refractivity contribution in [3.63, 3.8) is 0 Å². The van der Waals surface area contributed by atoms with Crippen LogP contribution in [0.3, 0.4) is 0 Å². The monoisotopic (exact) mass is 274 g/mol. The van der Waals surface area contributed by atoms with Gasteiger partial charge < -0.3 is 19.9 Å². The maximum atomic E-state index is 9.92. The van der Waals surface area contributed by atoms with Crippen molar-refractivity contribution >= 4 is 0 Å². The number of hydrogen-bond acceptors (Lipinski definition) is 5. The molecular weight excluding hydrogens is 256 g/mol. The Bertz CT molecular complexity index is 574. The second-order valence-electron chi connectivity index (χ2n) is 4.31. The minimum Gasteiger partial charge on any atom is -0.502 e. The van der Waals surface area contributed by atoms with Crippen molar-refractivity contribution in [1.82, 2.24) is 10.3 Å². The van der Waals surface area contributed by atoms with E-state index in [4.69, 9.17) is 9.47 Å². The van der Waals surface area contributed by atoms with Crippen LogP contribution in [0.15, 0.2) is 30.5 Å². The van der Waals surface area contributed by atoms with Gasteiger partial charge in [0.1, 0.15) is 0 Å². The van der Waals surface area contributed by atoms with Crippen LogP contribution in [0, 0.1) is 0 Å². The molecule has 1 aromatic carbocycles. The van der Waals surface area contributed by atoms with Gasteiger partial charge in [0.25, 0.3) is 0 Å². The molecule has 0 aliphatic rings. The Hall–Kier alpha value is -2.27. The molecule has 0 saturated heterocycles. The zero-order valence-electron chi connectivity index (χ0n) is 11.8. The summed E-state index contributed by atoms with van der Waals surface area (Å²) in [5, 5.41) is 13.0. The predicted molar refractivity (Wildman–Crippen MR) is 77.2 cm³/mol. The molecule has 0 atom stereocenters. The highest BCUT2D eigenvalue weighted by Gasteiger charge is 2.13. The van der Waals surface area contributed by atoms with Crippen LogP contribution in [0.1, 0.15) is 5.56 Å². The third-order valence-electron chi connectivity index (χ3n) is 2.98. The van der Waals surface area contributed by atoms with Crippen LogP contribution < -0.4 is 14.8 Å². The van der Waals surface area contributed by atoms with Crippen molar-refractivity contribution in [2.45, 2.75) is 6.54 Å². The second-order valence-corrected chi connectivity index (χ2v) is 4.31. The average molecular weight is 274 g/mol. The Balaban J connectivity index is 2.49. The molecule has 0 amide bonds. The summed E-state index contributed by atoms with van der Waals surface area (Å²) in [7, 11) is 4.90.